The molecule has 0 fully saturated rings. The first-order valence-electron chi connectivity index (χ1n) is 3.12. The molecule has 0 rings (SSSR count). The first-order chi connectivity index (χ1) is 4.81. The van der Waals surface area contributed by atoms with E-state index in [4.69, 9.17) is 0 Å². The molecule has 54 valence electrons. The van der Waals surface area contributed by atoms with Gasteiger partial charge < -0.3 is 4.74 Å². The smallest absolute Gasteiger partial charge is 0.344 e. The van der Waals surface area contributed by atoms with Crippen LogP contribution in [0.1, 0.15) is 20.3 Å². The van der Waals surface area contributed by atoms with Gasteiger partial charge in [0.05, 0.1) is 0 Å². The van der Waals surface area contributed by atoms with Gasteiger partial charge in [-0.3, -0.25) is 0 Å². The third-order valence-electron chi connectivity index (χ3n) is 0.703. The maximum atomic E-state index is 10.5. The second-order valence-electron chi connectivity index (χ2n) is 1.55. The highest BCUT2D eigenvalue weighted by molar-refractivity contribution is 5.82. The second-order valence-corrected chi connectivity index (χ2v) is 1.55. The van der Waals surface area contributed by atoms with Crippen LogP contribution in [0.25, 0.3) is 0 Å². The molecule has 0 bridgehead atoms. The van der Waals surface area contributed by atoms with Crippen LogP contribution in [0.3, 0.4) is 0 Å². The fourth-order valence-electron chi connectivity index (χ4n) is 0.329. The molecule has 0 radical (unpaired) electrons. The van der Waals surface area contributed by atoms with Crippen LogP contribution in [0.4, 0.5) is 0 Å². The highest BCUT2D eigenvalue weighted by Gasteiger charge is 1.88. The maximum Gasteiger partial charge on any atom is 0.344 e. The van der Waals surface area contributed by atoms with E-state index in [1.165, 1.54) is 6.08 Å². The lowest BCUT2D eigenvalue weighted by atomic mass is 10.5. The molecule has 0 amide bonds. The highest BCUT2D eigenvalue weighted by Crippen LogP contribution is 1.78. The summed E-state index contributed by atoms with van der Waals surface area (Å²) < 4.78 is 4.44. The highest BCUT2D eigenvalue weighted by atomic mass is 16.5. The number of allylic oxidation sites excluding steroid dienone is 1. The fraction of sp³-hybridized carbons (Fsp3) is 0.375. The van der Waals surface area contributed by atoms with E-state index >= 15 is 0 Å². The van der Waals surface area contributed by atoms with Crippen molar-refractivity contribution in [3.8, 4) is 12.0 Å². The lowest BCUT2D eigenvalue weighted by Crippen LogP contribution is -1.92. The zero-order valence-corrected chi connectivity index (χ0v) is 6.18. The van der Waals surface area contributed by atoms with Crippen LogP contribution in [0.5, 0.6) is 0 Å². The molecule has 0 aliphatic heterocycles. The van der Waals surface area contributed by atoms with Gasteiger partial charge in [-0.15, -0.1) is 0 Å². The lowest BCUT2D eigenvalue weighted by molar-refractivity contribution is -0.131. The fourth-order valence-corrected chi connectivity index (χ4v) is 0.329. The Balaban J connectivity index is 3.59. The Hall–Kier alpha value is -1.23. The Bertz CT molecular complexity index is 181. The van der Waals surface area contributed by atoms with Crippen molar-refractivity contribution in [2.24, 2.45) is 0 Å². The van der Waals surface area contributed by atoms with Crippen molar-refractivity contribution < 1.29 is 9.53 Å². The van der Waals surface area contributed by atoms with Gasteiger partial charge in [-0.2, -0.15) is 0 Å². The van der Waals surface area contributed by atoms with Gasteiger partial charge in [0.25, 0.3) is 0 Å². The molecule has 0 aromatic rings. The zero-order valence-electron chi connectivity index (χ0n) is 6.18. The van der Waals surface area contributed by atoms with Crippen molar-refractivity contribution in [1.29, 1.82) is 0 Å². The van der Waals surface area contributed by atoms with Gasteiger partial charge in [-0.1, -0.05) is 18.9 Å². The summed E-state index contributed by atoms with van der Waals surface area (Å²) in [6, 6.07) is 0. The van der Waals surface area contributed by atoms with Gasteiger partial charge in [-0.25, -0.2) is 4.79 Å². The normalized spacial score (nSPS) is 8.60. The van der Waals surface area contributed by atoms with Crippen molar-refractivity contribution in [3.05, 3.63) is 12.2 Å². The monoisotopic (exact) mass is 138 g/mol. The molecule has 0 saturated carbocycles. The van der Waals surface area contributed by atoms with Crippen LogP contribution in [-0.4, -0.2) is 5.97 Å². The maximum absolute atomic E-state index is 10.5. The average molecular weight is 138 g/mol. The molecule has 0 aromatic carbocycles. The van der Waals surface area contributed by atoms with Crippen molar-refractivity contribution in [3.63, 3.8) is 0 Å². The number of carbonyl (C=O) groups excluding carboxylic acids is 1. The van der Waals surface area contributed by atoms with E-state index in [0.717, 1.165) is 0 Å². The van der Waals surface area contributed by atoms with Crippen LogP contribution in [0, 0.1) is 12.0 Å². The third-order valence-corrected chi connectivity index (χ3v) is 0.703. The van der Waals surface area contributed by atoms with Gasteiger partial charge in [0.1, 0.15) is 6.11 Å². The van der Waals surface area contributed by atoms with E-state index in [1.54, 1.807) is 13.0 Å². The molecule has 0 atom stereocenters. The number of hydrogen-bond donors (Lipinski definition) is 0. The number of hydrogen-bond acceptors (Lipinski definition) is 2. The Morgan fingerprint density at radius 1 is 1.70 bits per heavy atom. The van der Waals surface area contributed by atoms with Crippen LogP contribution < -0.4 is 0 Å². The molecule has 0 aliphatic rings. The summed E-state index contributed by atoms with van der Waals surface area (Å²) >= 11 is 0. The van der Waals surface area contributed by atoms with Crippen molar-refractivity contribution in [1.82, 2.24) is 0 Å². The minimum atomic E-state index is -0.413. The van der Waals surface area contributed by atoms with E-state index in [9.17, 15) is 4.79 Å². The molecule has 0 saturated heterocycles. The van der Waals surface area contributed by atoms with E-state index in [-0.39, 0.29) is 0 Å². The SMILES string of the molecule is CC=CC(=O)OC#CCC. The molecular formula is C8H10O2. The summed E-state index contributed by atoms with van der Waals surface area (Å²) in [5.41, 5.74) is 0. The number of carbonyl (C=O) groups is 1. The van der Waals surface area contributed by atoms with Crippen LogP contribution in [-0.2, 0) is 9.53 Å². The van der Waals surface area contributed by atoms with Crippen molar-refractivity contribution in [2.45, 2.75) is 20.3 Å². The topological polar surface area (TPSA) is 26.3 Å². The minimum Gasteiger partial charge on any atom is -0.369 e. The van der Waals surface area contributed by atoms with Crippen molar-refractivity contribution in [2.75, 3.05) is 0 Å². The van der Waals surface area contributed by atoms with Crippen molar-refractivity contribution >= 4 is 5.97 Å². The Kier molecular flexibility index (Phi) is 5.17. The molecular weight excluding hydrogens is 128 g/mol. The molecule has 10 heavy (non-hydrogen) atoms. The summed E-state index contributed by atoms with van der Waals surface area (Å²) in [5.74, 6) is 2.20. The molecule has 0 aromatic heterocycles. The quantitative estimate of drug-likeness (QED) is 0.311. The largest absolute Gasteiger partial charge is 0.369 e. The van der Waals surface area contributed by atoms with Gasteiger partial charge in [0, 0.05) is 12.5 Å². The Labute approximate surface area is 60.9 Å². The second kappa shape index (κ2) is 5.90. The predicted molar refractivity (Wildman–Crippen MR) is 39.0 cm³/mol. The molecule has 0 aliphatic carbocycles. The molecule has 2 nitrogen and oxygen atoms in total. The Morgan fingerprint density at radius 3 is 2.90 bits per heavy atom. The first kappa shape index (κ1) is 8.77. The molecule has 2 heteroatoms. The molecule has 0 N–H and O–H groups in total. The molecule has 0 spiro atoms. The summed E-state index contributed by atoms with van der Waals surface area (Å²) in [5, 5.41) is 0. The van der Waals surface area contributed by atoms with Gasteiger partial charge >= 0.3 is 5.97 Å². The van der Waals surface area contributed by atoms with Gasteiger partial charge in [0.15, 0.2) is 0 Å². The standard InChI is InChI=1S/C8H10O2/c1-3-5-7-10-8(9)6-4-2/h4,6H,3H2,1-2H3. The average Bonchev–Trinajstić information content (AvgIpc) is 1.89. The lowest BCUT2D eigenvalue weighted by Gasteiger charge is -1.84. The van der Waals surface area contributed by atoms with E-state index in [0.29, 0.717) is 6.42 Å². The van der Waals surface area contributed by atoms with Crippen LogP contribution in [0.15, 0.2) is 12.2 Å². The molecule has 0 heterocycles. The number of esters is 1. The summed E-state index contributed by atoms with van der Waals surface area (Å²) in [7, 11) is 0. The van der Waals surface area contributed by atoms with Gasteiger partial charge in [0.2, 0.25) is 0 Å². The van der Waals surface area contributed by atoms with Crippen LogP contribution in [0.2, 0.25) is 0 Å². The third kappa shape index (κ3) is 4.92. The number of ether oxygens (including phenoxy) is 1. The summed E-state index contributed by atoms with van der Waals surface area (Å²) in [6.07, 6.45) is 5.90. The van der Waals surface area contributed by atoms with E-state index in [1.807, 2.05) is 6.92 Å². The van der Waals surface area contributed by atoms with Crippen LogP contribution >= 0.6 is 0 Å². The van der Waals surface area contributed by atoms with Gasteiger partial charge in [-0.05, 0) is 6.92 Å². The Morgan fingerprint density at radius 2 is 2.40 bits per heavy atom. The predicted octanol–water partition coefficient (Wildman–Crippen LogP) is 1.48. The summed E-state index contributed by atoms with van der Waals surface area (Å²) in [4.78, 5) is 10.5. The minimum absolute atomic E-state index is 0.413. The number of rotatable bonds is 1. The van der Waals surface area contributed by atoms with E-state index < -0.39 is 5.97 Å². The zero-order chi connectivity index (χ0) is 7.82. The van der Waals surface area contributed by atoms with E-state index in [2.05, 4.69) is 16.8 Å². The first-order valence-corrected chi connectivity index (χ1v) is 3.12. The summed E-state index contributed by atoms with van der Waals surface area (Å²) in [6.45, 7) is 3.63. The molecule has 0 unspecified atom stereocenters.